The van der Waals surface area contributed by atoms with E-state index in [0.717, 1.165) is 29.2 Å². The van der Waals surface area contributed by atoms with Crippen LogP contribution in [-0.4, -0.2) is 16.5 Å². The second kappa shape index (κ2) is 8.43. The van der Waals surface area contributed by atoms with Crippen LogP contribution in [-0.2, 0) is 6.54 Å². The van der Waals surface area contributed by atoms with Crippen LogP contribution in [0.2, 0.25) is 0 Å². The van der Waals surface area contributed by atoms with E-state index in [0.29, 0.717) is 18.4 Å². The fraction of sp³-hybridized carbons (Fsp3) is 0.238. The summed E-state index contributed by atoms with van der Waals surface area (Å²) in [5, 5.41) is 6.59. The summed E-state index contributed by atoms with van der Waals surface area (Å²) in [6, 6.07) is 18.4. The van der Waals surface area contributed by atoms with Crippen molar-refractivity contribution in [1.29, 1.82) is 0 Å². The molecule has 3 rings (SSSR count). The van der Waals surface area contributed by atoms with Crippen molar-refractivity contribution in [3.8, 4) is 11.3 Å². The van der Waals surface area contributed by atoms with Crippen LogP contribution in [0.15, 0.2) is 60.7 Å². The molecule has 0 spiro atoms. The molecule has 2 aromatic carbocycles. The van der Waals surface area contributed by atoms with Crippen molar-refractivity contribution in [2.75, 3.05) is 17.2 Å². The van der Waals surface area contributed by atoms with E-state index in [1.54, 1.807) is 12.1 Å². The Balaban J connectivity index is 1.82. The number of hydrogen-bond donors (Lipinski definition) is 2. The molecule has 134 valence electrons. The summed E-state index contributed by atoms with van der Waals surface area (Å²) in [4.78, 5) is 9.19. The van der Waals surface area contributed by atoms with Crippen LogP contribution >= 0.6 is 0 Å². The van der Waals surface area contributed by atoms with Gasteiger partial charge in [-0.25, -0.2) is 9.37 Å². The largest absolute Gasteiger partial charge is 0.366 e. The summed E-state index contributed by atoms with van der Waals surface area (Å²) in [6.07, 6.45) is 0. The SMILES string of the molecule is CC(C)CNc1nc(NCc2ccc(F)cc2)cc(-c2ccccc2)n1. The Morgan fingerprint density at radius 1 is 0.923 bits per heavy atom. The molecule has 0 atom stereocenters. The standard InChI is InChI=1S/C21H23FN4/c1-15(2)13-24-21-25-19(17-6-4-3-5-7-17)12-20(26-21)23-14-16-8-10-18(22)11-9-16/h3-12,15H,13-14H2,1-2H3,(H2,23,24,25,26). The zero-order chi connectivity index (χ0) is 18.4. The molecule has 0 aliphatic heterocycles. The molecule has 0 fully saturated rings. The maximum Gasteiger partial charge on any atom is 0.225 e. The molecule has 0 amide bonds. The summed E-state index contributed by atoms with van der Waals surface area (Å²) >= 11 is 0. The van der Waals surface area contributed by atoms with Gasteiger partial charge in [0.15, 0.2) is 0 Å². The Morgan fingerprint density at radius 2 is 1.65 bits per heavy atom. The molecule has 1 aromatic heterocycles. The lowest BCUT2D eigenvalue weighted by atomic mass is 10.1. The Labute approximate surface area is 153 Å². The molecule has 0 radical (unpaired) electrons. The van der Waals surface area contributed by atoms with Gasteiger partial charge in [0.1, 0.15) is 11.6 Å². The summed E-state index contributed by atoms with van der Waals surface area (Å²) < 4.78 is 13.0. The fourth-order valence-electron chi connectivity index (χ4n) is 2.46. The van der Waals surface area contributed by atoms with Crippen LogP contribution in [0.4, 0.5) is 16.2 Å². The average molecular weight is 350 g/mol. The van der Waals surface area contributed by atoms with Crippen molar-refractivity contribution >= 4 is 11.8 Å². The van der Waals surface area contributed by atoms with Gasteiger partial charge in [-0.2, -0.15) is 4.98 Å². The van der Waals surface area contributed by atoms with E-state index in [1.165, 1.54) is 12.1 Å². The van der Waals surface area contributed by atoms with Crippen molar-refractivity contribution in [3.05, 3.63) is 72.0 Å². The molecule has 4 nitrogen and oxygen atoms in total. The number of nitrogens with zero attached hydrogens (tertiary/aromatic N) is 2. The van der Waals surface area contributed by atoms with E-state index in [1.807, 2.05) is 36.4 Å². The van der Waals surface area contributed by atoms with Gasteiger partial charge in [0.25, 0.3) is 0 Å². The van der Waals surface area contributed by atoms with Gasteiger partial charge in [-0.15, -0.1) is 0 Å². The third kappa shape index (κ3) is 5.02. The van der Waals surface area contributed by atoms with Crippen LogP contribution in [0.25, 0.3) is 11.3 Å². The molecule has 26 heavy (non-hydrogen) atoms. The predicted molar refractivity (Wildman–Crippen MR) is 105 cm³/mol. The molecule has 1 heterocycles. The summed E-state index contributed by atoms with van der Waals surface area (Å²) in [7, 11) is 0. The number of halogens is 1. The zero-order valence-electron chi connectivity index (χ0n) is 15.0. The van der Waals surface area contributed by atoms with E-state index >= 15 is 0 Å². The maximum atomic E-state index is 13.0. The highest BCUT2D eigenvalue weighted by Gasteiger charge is 2.07. The van der Waals surface area contributed by atoms with E-state index in [-0.39, 0.29) is 5.82 Å². The minimum atomic E-state index is -0.234. The van der Waals surface area contributed by atoms with Crippen molar-refractivity contribution in [3.63, 3.8) is 0 Å². The highest BCUT2D eigenvalue weighted by Crippen LogP contribution is 2.22. The molecule has 0 saturated heterocycles. The smallest absolute Gasteiger partial charge is 0.225 e. The molecular weight excluding hydrogens is 327 g/mol. The molecule has 3 aromatic rings. The zero-order valence-corrected chi connectivity index (χ0v) is 15.0. The highest BCUT2D eigenvalue weighted by atomic mass is 19.1. The lowest BCUT2D eigenvalue weighted by Crippen LogP contribution is -2.12. The summed E-state index contributed by atoms with van der Waals surface area (Å²) in [5.74, 6) is 1.59. The predicted octanol–water partition coefficient (Wildman–Crippen LogP) is 4.96. The third-order valence-corrected chi connectivity index (χ3v) is 3.85. The van der Waals surface area contributed by atoms with Gasteiger partial charge < -0.3 is 10.6 Å². The first-order valence-corrected chi connectivity index (χ1v) is 8.77. The van der Waals surface area contributed by atoms with E-state index in [4.69, 9.17) is 0 Å². The van der Waals surface area contributed by atoms with E-state index in [9.17, 15) is 4.39 Å². The number of rotatable bonds is 7. The molecule has 0 saturated carbocycles. The normalized spacial score (nSPS) is 10.8. The Bertz CT molecular complexity index is 832. The van der Waals surface area contributed by atoms with Crippen LogP contribution in [0, 0.1) is 11.7 Å². The lowest BCUT2D eigenvalue weighted by molar-refractivity contribution is 0.627. The Hall–Kier alpha value is -2.95. The Morgan fingerprint density at radius 3 is 2.35 bits per heavy atom. The van der Waals surface area contributed by atoms with Crippen LogP contribution in [0.1, 0.15) is 19.4 Å². The van der Waals surface area contributed by atoms with Crippen LogP contribution in [0.5, 0.6) is 0 Å². The second-order valence-corrected chi connectivity index (χ2v) is 6.58. The van der Waals surface area contributed by atoms with Gasteiger partial charge in [-0.3, -0.25) is 0 Å². The van der Waals surface area contributed by atoms with Crippen molar-refractivity contribution in [1.82, 2.24) is 9.97 Å². The number of hydrogen-bond acceptors (Lipinski definition) is 4. The lowest BCUT2D eigenvalue weighted by Gasteiger charge is -2.12. The van der Waals surface area contributed by atoms with Crippen molar-refractivity contribution < 1.29 is 4.39 Å². The highest BCUT2D eigenvalue weighted by molar-refractivity contribution is 5.64. The quantitative estimate of drug-likeness (QED) is 0.632. The number of benzene rings is 2. The van der Waals surface area contributed by atoms with Gasteiger partial charge in [-0.05, 0) is 23.6 Å². The van der Waals surface area contributed by atoms with E-state index < -0.39 is 0 Å². The molecule has 0 unspecified atom stereocenters. The monoisotopic (exact) mass is 350 g/mol. The maximum absolute atomic E-state index is 13.0. The average Bonchev–Trinajstić information content (AvgIpc) is 2.66. The molecule has 5 heteroatoms. The van der Waals surface area contributed by atoms with Gasteiger partial charge >= 0.3 is 0 Å². The summed E-state index contributed by atoms with van der Waals surface area (Å²) in [6.45, 7) is 5.65. The fourth-order valence-corrected chi connectivity index (χ4v) is 2.46. The number of nitrogens with one attached hydrogen (secondary N) is 2. The van der Waals surface area contributed by atoms with Crippen LogP contribution < -0.4 is 10.6 Å². The van der Waals surface area contributed by atoms with Crippen molar-refractivity contribution in [2.24, 2.45) is 5.92 Å². The number of aromatic nitrogens is 2. The first-order valence-electron chi connectivity index (χ1n) is 8.77. The van der Waals surface area contributed by atoms with Gasteiger partial charge in [-0.1, -0.05) is 56.3 Å². The Kier molecular flexibility index (Phi) is 5.79. The van der Waals surface area contributed by atoms with Gasteiger partial charge in [0.05, 0.1) is 5.69 Å². The minimum absolute atomic E-state index is 0.234. The third-order valence-electron chi connectivity index (χ3n) is 3.85. The van der Waals surface area contributed by atoms with E-state index in [2.05, 4.69) is 34.4 Å². The van der Waals surface area contributed by atoms with Gasteiger partial charge in [0, 0.05) is 24.7 Å². The minimum Gasteiger partial charge on any atom is -0.366 e. The molecule has 0 aliphatic carbocycles. The molecule has 2 N–H and O–H groups in total. The summed E-state index contributed by atoms with van der Waals surface area (Å²) in [5.41, 5.74) is 2.88. The van der Waals surface area contributed by atoms with Gasteiger partial charge in [0.2, 0.25) is 5.95 Å². The first-order chi connectivity index (χ1) is 12.6. The molecule has 0 aliphatic rings. The van der Waals surface area contributed by atoms with Crippen molar-refractivity contribution in [2.45, 2.75) is 20.4 Å². The number of anilines is 2. The topological polar surface area (TPSA) is 49.8 Å². The molecule has 0 bridgehead atoms. The molecular formula is C21H23FN4. The first kappa shape index (κ1) is 17.9. The van der Waals surface area contributed by atoms with Crippen LogP contribution in [0.3, 0.4) is 0 Å². The second-order valence-electron chi connectivity index (χ2n) is 6.58.